The Hall–Kier alpha value is -2.63. The fraction of sp³-hybridized carbons (Fsp3) is 0.389. The third kappa shape index (κ3) is 3.32. The van der Waals surface area contributed by atoms with Crippen LogP contribution in [-0.4, -0.2) is 47.3 Å². The number of nitrogens with zero attached hydrogens (tertiary/aromatic N) is 2. The monoisotopic (exact) mass is 329 g/mol. The van der Waals surface area contributed by atoms with Gasteiger partial charge in [-0.3, -0.25) is 14.5 Å². The molecule has 2 rings (SSSR count). The van der Waals surface area contributed by atoms with Crippen LogP contribution in [0, 0.1) is 0 Å². The van der Waals surface area contributed by atoms with Gasteiger partial charge in [0.1, 0.15) is 12.1 Å². The van der Waals surface area contributed by atoms with Crippen LogP contribution in [-0.2, 0) is 15.1 Å². The molecule has 1 aromatic rings. The van der Waals surface area contributed by atoms with Gasteiger partial charge in [0.25, 0.3) is 5.91 Å². The average Bonchev–Trinajstić information content (AvgIpc) is 2.77. The first-order chi connectivity index (χ1) is 11.3. The topological polar surface area (TPSA) is 69.7 Å². The Morgan fingerprint density at radius 1 is 1.29 bits per heavy atom. The van der Waals surface area contributed by atoms with Gasteiger partial charge in [0, 0.05) is 13.1 Å². The quantitative estimate of drug-likeness (QED) is 0.640. The number of likely N-dealkylation sites (N-methyl/N-ethyl adjacent to an activating group) is 1. The van der Waals surface area contributed by atoms with E-state index in [9.17, 15) is 14.4 Å². The van der Waals surface area contributed by atoms with Crippen LogP contribution in [0.1, 0.15) is 26.3 Å². The van der Waals surface area contributed by atoms with Crippen LogP contribution >= 0.6 is 0 Å². The van der Waals surface area contributed by atoms with E-state index in [4.69, 9.17) is 0 Å². The molecule has 1 aliphatic rings. The molecule has 0 unspecified atom stereocenters. The zero-order valence-corrected chi connectivity index (χ0v) is 14.3. The maximum Gasteiger partial charge on any atom is 0.325 e. The number of hydrogen-bond acceptors (Lipinski definition) is 3. The molecule has 1 fully saturated rings. The standard InChI is InChI=1S/C18H23N3O3/c1-5-20(11-13(2)3)15(22)12-21-16(23)18(4,19-17(21)24)14-9-7-6-8-10-14/h6-10H,2,5,11-12H2,1,3-4H3,(H,19,24)/t18-/m1/s1. The fourth-order valence-corrected chi connectivity index (χ4v) is 2.75. The van der Waals surface area contributed by atoms with E-state index >= 15 is 0 Å². The van der Waals surface area contributed by atoms with Gasteiger partial charge in [-0.15, -0.1) is 0 Å². The smallest absolute Gasteiger partial charge is 0.325 e. The molecule has 1 aromatic carbocycles. The lowest BCUT2D eigenvalue weighted by Gasteiger charge is -2.24. The lowest BCUT2D eigenvalue weighted by molar-refractivity contribution is -0.138. The third-order valence-corrected chi connectivity index (χ3v) is 4.11. The second kappa shape index (κ2) is 6.86. The summed E-state index contributed by atoms with van der Waals surface area (Å²) >= 11 is 0. The van der Waals surface area contributed by atoms with Gasteiger partial charge in [-0.1, -0.05) is 42.5 Å². The van der Waals surface area contributed by atoms with Gasteiger partial charge < -0.3 is 10.2 Å². The van der Waals surface area contributed by atoms with Crippen LogP contribution in [0.4, 0.5) is 4.79 Å². The molecule has 1 heterocycles. The van der Waals surface area contributed by atoms with Gasteiger partial charge >= 0.3 is 6.03 Å². The van der Waals surface area contributed by atoms with E-state index in [1.165, 1.54) is 0 Å². The van der Waals surface area contributed by atoms with E-state index in [2.05, 4.69) is 11.9 Å². The molecule has 0 aliphatic carbocycles. The highest BCUT2D eigenvalue weighted by Crippen LogP contribution is 2.28. The van der Waals surface area contributed by atoms with Crippen molar-refractivity contribution in [1.82, 2.24) is 15.1 Å². The van der Waals surface area contributed by atoms with Crippen molar-refractivity contribution in [3.8, 4) is 0 Å². The summed E-state index contributed by atoms with van der Waals surface area (Å²) in [6, 6.07) is 8.46. The second-order valence-electron chi connectivity index (χ2n) is 6.18. The van der Waals surface area contributed by atoms with Crippen LogP contribution in [0.2, 0.25) is 0 Å². The molecule has 0 aromatic heterocycles. The van der Waals surface area contributed by atoms with Crippen molar-refractivity contribution < 1.29 is 14.4 Å². The zero-order valence-electron chi connectivity index (χ0n) is 14.3. The maximum atomic E-state index is 12.8. The number of rotatable bonds is 6. The number of carbonyl (C=O) groups excluding carboxylic acids is 3. The Bertz CT molecular complexity index is 671. The molecule has 24 heavy (non-hydrogen) atoms. The number of amides is 4. The zero-order chi connectivity index (χ0) is 17.9. The first-order valence-electron chi connectivity index (χ1n) is 7.91. The first-order valence-corrected chi connectivity index (χ1v) is 7.91. The summed E-state index contributed by atoms with van der Waals surface area (Å²) in [6.45, 7) is 9.76. The summed E-state index contributed by atoms with van der Waals surface area (Å²) in [6.07, 6.45) is 0. The highest BCUT2D eigenvalue weighted by molar-refractivity contribution is 6.09. The van der Waals surface area contributed by atoms with Gasteiger partial charge in [0.2, 0.25) is 5.91 Å². The van der Waals surface area contributed by atoms with Crippen LogP contribution < -0.4 is 5.32 Å². The molecule has 6 nitrogen and oxygen atoms in total. The lowest BCUT2D eigenvalue weighted by atomic mass is 9.92. The van der Waals surface area contributed by atoms with Crippen LogP contribution in [0.5, 0.6) is 0 Å². The number of imide groups is 1. The van der Waals surface area contributed by atoms with Crippen molar-refractivity contribution in [2.45, 2.75) is 26.3 Å². The van der Waals surface area contributed by atoms with Crippen LogP contribution in [0.25, 0.3) is 0 Å². The highest BCUT2D eigenvalue weighted by Gasteiger charge is 2.49. The molecule has 1 N–H and O–H groups in total. The van der Waals surface area contributed by atoms with Crippen LogP contribution in [0.3, 0.4) is 0 Å². The van der Waals surface area contributed by atoms with E-state index in [0.717, 1.165) is 10.5 Å². The van der Waals surface area contributed by atoms with Gasteiger partial charge in [-0.25, -0.2) is 4.79 Å². The Labute approximate surface area is 142 Å². The molecule has 1 atom stereocenters. The molecule has 128 valence electrons. The van der Waals surface area contributed by atoms with Crippen molar-refractivity contribution in [3.05, 3.63) is 48.0 Å². The fourth-order valence-electron chi connectivity index (χ4n) is 2.75. The number of urea groups is 1. The lowest BCUT2D eigenvalue weighted by Crippen LogP contribution is -2.44. The summed E-state index contributed by atoms with van der Waals surface area (Å²) in [5.41, 5.74) is 0.383. The Balaban J connectivity index is 2.18. The van der Waals surface area contributed by atoms with Gasteiger partial charge in [0.05, 0.1) is 0 Å². The van der Waals surface area contributed by atoms with Crippen molar-refractivity contribution in [2.75, 3.05) is 19.6 Å². The summed E-state index contributed by atoms with van der Waals surface area (Å²) in [4.78, 5) is 40.0. The number of nitrogens with one attached hydrogen (secondary N) is 1. The van der Waals surface area contributed by atoms with Crippen molar-refractivity contribution in [1.29, 1.82) is 0 Å². The van der Waals surface area contributed by atoms with Crippen molar-refractivity contribution in [3.63, 3.8) is 0 Å². The predicted molar refractivity (Wildman–Crippen MR) is 91.1 cm³/mol. The maximum absolute atomic E-state index is 12.8. The minimum atomic E-state index is -1.15. The Kier molecular flexibility index (Phi) is 5.07. The van der Waals surface area contributed by atoms with E-state index in [0.29, 0.717) is 18.7 Å². The SMILES string of the molecule is C=C(C)CN(CC)C(=O)CN1C(=O)N[C@](C)(c2ccccc2)C1=O. The molecule has 6 heteroatoms. The Morgan fingerprint density at radius 3 is 2.46 bits per heavy atom. The number of benzene rings is 1. The summed E-state index contributed by atoms with van der Waals surface area (Å²) in [5, 5.41) is 2.70. The van der Waals surface area contributed by atoms with Crippen molar-refractivity contribution in [2.24, 2.45) is 0 Å². The molecule has 0 saturated carbocycles. The normalized spacial score (nSPS) is 20.0. The van der Waals surface area contributed by atoms with Gasteiger partial charge in [0.15, 0.2) is 0 Å². The van der Waals surface area contributed by atoms with Gasteiger partial charge in [-0.05, 0) is 26.3 Å². The molecule has 1 aliphatic heterocycles. The third-order valence-electron chi connectivity index (χ3n) is 4.11. The van der Waals surface area contributed by atoms with E-state index in [1.807, 2.05) is 19.9 Å². The molecule has 4 amide bonds. The molecule has 1 saturated heterocycles. The number of hydrogen-bond donors (Lipinski definition) is 1. The largest absolute Gasteiger partial charge is 0.337 e. The summed E-state index contributed by atoms with van der Waals surface area (Å²) in [7, 11) is 0. The molecule has 0 spiro atoms. The molecular formula is C18H23N3O3. The second-order valence-corrected chi connectivity index (χ2v) is 6.18. The molecule has 0 radical (unpaired) electrons. The predicted octanol–water partition coefficient (Wildman–Crippen LogP) is 1.88. The highest BCUT2D eigenvalue weighted by atomic mass is 16.2. The van der Waals surface area contributed by atoms with E-state index in [1.54, 1.807) is 36.1 Å². The van der Waals surface area contributed by atoms with E-state index < -0.39 is 17.5 Å². The van der Waals surface area contributed by atoms with Crippen molar-refractivity contribution >= 4 is 17.8 Å². The Morgan fingerprint density at radius 2 is 1.92 bits per heavy atom. The molecular weight excluding hydrogens is 306 g/mol. The summed E-state index contributed by atoms with van der Waals surface area (Å²) < 4.78 is 0. The van der Waals surface area contributed by atoms with Crippen LogP contribution in [0.15, 0.2) is 42.5 Å². The minimum absolute atomic E-state index is 0.270. The molecule has 0 bridgehead atoms. The van der Waals surface area contributed by atoms with Gasteiger partial charge in [-0.2, -0.15) is 0 Å². The van der Waals surface area contributed by atoms with E-state index in [-0.39, 0.29) is 12.5 Å². The first kappa shape index (κ1) is 17.7. The summed E-state index contributed by atoms with van der Waals surface area (Å²) in [5.74, 6) is -0.695. The minimum Gasteiger partial charge on any atom is -0.337 e. The number of carbonyl (C=O) groups is 3. The average molecular weight is 329 g/mol.